The van der Waals surface area contributed by atoms with Gasteiger partial charge in [-0.15, -0.1) is 0 Å². The Morgan fingerprint density at radius 1 is 1.62 bits per heavy atom. The monoisotopic (exact) mass is 110 g/mol. The topological polar surface area (TPSA) is 24.4 Å². The number of hydrogen-bond donors (Lipinski definition) is 1. The first-order chi connectivity index (χ1) is 3.91. The molecule has 0 aliphatic heterocycles. The Kier molecular flexibility index (Phi) is 5.17. The highest BCUT2D eigenvalue weighted by molar-refractivity contribution is 5.54. The van der Waals surface area contributed by atoms with Crippen LogP contribution in [0.15, 0.2) is 30.2 Å². The van der Waals surface area contributed by atoms with Gasteiger partial charge in [-0.25, -0.2) is 0 Å². The van der Waals surface area contributed by atoms with Crippen LogP contribution >= 0.6 is 0 Å². The quantitative estimate of drug-likeness (QED) is 0.544. The molecule has 1 N–H and O–H groups in total. The molecule has 44 valence electrons. The summed E-state index contributed by atoms with van der Waals surface area (Å²) in [7, 11) is 0. The van der Waals surface area contributed by atoms with E-state index in [0.29, 0.717) is 0 Å². The summed E-state index contributed by atoms with van der Waals surface area (Å²) in [6, 6.07) is 0. The first-order valence-electron chi connectivity index (χ1n) is 2.41. The molecule has 2 heteroatoms. The molecule has 0 aromatic carbocycles. The lowest BCUT2D eigenvalue weighted by Crippen LogP contribution is -1.87. The first-order valence-corrected chi connectivity index (χ1v) is 2.41. The average Bonchev–Trinajstić information content (AvgIpc) is 1.81. The molecule has 0 radical (unpaired) electrons. The third kappa shape index (κ3) is 4.95. The van der Waals surface area contributed by atoms with E-state index < -0.39 is 0 Å². The van der Waals surface area contributed by atoms with Gasteiger partial charge in [0.05, 0.1) is 0 Å². The van der Waals surface area contributed by atoms with Gasteiger partial charge in [-0.1, -0.05) is 6.58 Å². The maximum Gasteiger partial charge on any atom is 0.0423 e. The lowest BCUT2D eigenvalue weighted by atomic mass is 10.8. The van der Waals surface area contributed by atoms with Gasteiger partial charge in [-0.3, -0.25) is 4.99 Å². The number of rotatable bonds is 3. The van der Waals surface area contributed by atoms with Crippen LogP contribution < -0.4 is 5.32 Å². The van der Waals surface area contributed by atoms with Crippen molar-refractivity contribution < 1.29 is 0 Å². The molecule has 0 saturated heterocycles. The minimum absolute atomic E-state index is 1.58. The number of hydrogen-bond acceptors (Lipinski definition) is 2. The highest BCUT2D eigenvalue weighted by Crippen LogP contribution is 1.67. The molecule has 0 bridgehead atoms. The summed E-state index contributed by atoms with van der Waals surface area (Å²) in [6.07, 6.45) is 6.65. The van der Waals surface area contributed by atoms with Gasteiger partial charge < -0.3 is 5.32 Å². The van der Waals surface area contributed by atoms with Crippen molar-refractivity contribution in [1.29, 1.82) is 0 Å². The van der Waals surface area contributed by atoms with E-state index in [1.54, 1.807) is 24.8 Å². The molecule has 0 saturated carbocycles. The van der Waals surface area contributed by atoms with Gasteiger partial charge >= 0.3 is 0 Å². The minimum Gasteiger partial charge on any atom is -0.367 e. The standard InChI is InChI=1S/C6H10N2/c1-3-7-5-6-8-4-2/h3-7H,1H2,2H3. The van der Waals surface area contributed by atoms with Crippen LogP contribution in [-0.4, -0.2) is 6.21 Å². The molecule has 0 aromatic rings. The van der Waals surface area contributed by atoms with E-state index in [4.69, 9.17) is 0 Å². The molecule has 2 nitrogen and oxygen atoms in total. The molecule has 0 spiro atoms. The fraction of sp³-hybridized carbons (Fsp3) is 0.167. The van der Waals surface area contributed by atoms with Crippen LogP contribution in [0.2, 0.25) is 0 Å². The number of nitrogens with one attached hydrogen (secondary N) is 1. The Morgan fingerprint density at radius 3 is 2.88 bits per heavy atom. The fourth-order valence-corrected chi connectivity index (χ4v) is 0.240. The normalized spacial score (nSPS) is 10.6. The third-order valence-corrected chi connectivity index (χ3v) is 0.524. The van der Waals surface area contributed by atoms with Gasteiger partial charge in [0.15, 0.2) is 0 Å². The van der Waals surface area contributed by atoms with E-state index in [-0.39, 0.29) is 0 Å². The van der Waals surface area contributed by atoms with Crippen LogP contribution in [0.5, 0.6) is 0 Å². The van der Waals surface area contributed by atoms with E-state index in [9.17, 15) is 0 Å². The first kappa shape index (κ1) is 6.95. The lowest BCUT2D eigenvalue weighted by molar-refractivity contribution is 1.19. The van der Waals surface area contributed by atoms with Crippen molar-refractivity contribution in [3.8, 4) is 0 Å². The summed E-state index contributed by atoms with van der Waals surface area (Å²) < 4.78 is 0. The predicted molar refractivity (Wildman–Crippen MR) is 36.6 cm³/mol. The summed E-state index contributed by atoms with van der Waals surface area (Å²) in [5, 5.41) is 2.75. The second kappa shape index (κ2) is 5.95. The molecule has 0 aliphatic rings. The van der Waals surface area contributed by atoms with Crippen LogP contribution in [0.25, 0.3) is 0 Å². The molecule has 0 aromatic heterocycles. The Hall–Kier alpha value is -1.05. The summed E-state index contributed by atoms with van der Waals surface area (Å²) in [6.45, 7) is 5.30. The largest absolute Gasteiger partial charge is 0.367 e. The van der Waals surface area contributed by atoms with Gasteiger partial charge in [0, 0.05) is 18.6 Å². The highest BCUT2D eigenvalue weighted by atomic mass is 14.8. The average molecular weight is 110 g/mol. The third-order valence-electron chi connectivity index (χ3n) is 0.524. The molecule has 0 unspecified atom stereocenters. The van der Waals surface area contributed by atoms with E-state index in [1.807, 2.05) is 6.92 Å². The molecule has 0 amide bonds. The molecule has 0 fully saturated rings. The molecule has 0 atom stereocenters. The highest BCUT2D eigenvalue weighted by Gasteiger charge is 1.57. The Balaban J connectivity index is 3.19. The molecular formula is C6H10N2. The predicted octanol–water partition coefficient (Wildman–Crippen LogP) is 1.28. The number of nitrogens with zero attached hydrogens (tertiary/aromatic N) is 1. The fourth-order valence-electron chi connectivity index (χ4n) is 0.240. The summed E-state index contributed by atoms with van der Waals surface area (Å²) in [5.41, 5.74) is 0. The van der Waals surface area contributed by atoms with Crippen molar-refractivity contribution in [3.05, 3.63) is 25.2 Å². The summed E-state index contributed by atoms with van der Waals surface area (Å²) in [5.74, 6) is 0. The van der Waals surface area contributed by atoms with Crippen molar-refractivity contribution in [3.63, 3.8) is 0 Å². The summed E-state index contributed by atoms with van der Waals surface area (Å²) >= 11 is 0. The van der Waals surface area contributed by atoms with Crippen molar-refractivity contribution in [2.45, 2.75) is 6.92 Å². The molecule has 0 heterocycles. The van der Waals surface area contributed by atoms with Gasteiger partial charge in [0.2, 0.25) is 0 Å². The molecule has 8 heavy (non-hydrogen) atoms. The second-order valence-electron chi connectivity index (χ2n) is 1.09. The van der Waals surface area contributed by atoms with E-state index in [0.717, 1.165) is 0 Å². The van der Waals surface area contributed by atoms with Crippen molar-refractivity contribution >= 4 is 6.21 Å². The van der Waals surface area contributed by atoms with Crippen LogP contribution in [-0.2, 0) is 0 Å². The maximum absolute atomic E-state index is 3.79. The van der Waals surface area contributed by atoms with Gasteiger partial charge in [-0.2, -0.15) is 0 Å². The van der Waals surface area contributed by atoms with E-state index in [2.05, 4.69) is 16.9 Å². The van der Waals surface area contributed by atoms with Crippen molar-refractivity contribution in [2.24, 2.45) is 4.99 Å². The van der Waals surface area contributed by atoms with E-state index >= 15 is 0 Å². The van der Waals surface area contributed by atoms with Gasteiger partial charge in [0.1, 0.15) is 0 Å². The zero-order chi connectivity index (χ0) is 6.24. The SMILES string of the molecule is C=CNC=CN=CC. The van der Waals surface area contributed by atoms with Crippen LogP contribution in [0.4, 0.5) is 0 Å². The smallest absolute Gasteiger partial charge is 0.0423 e. The van der Waals surface area contributed by atoms with Gasteiger partial charge in [-0.05, 0) is 13.1 Å². The Bertz CT molecular complexity index is 103. The van der Waals surface area contributed by atoms with Crippen molar-refractivity contribution in [2.75, 3.05) is 0 Å². The van der Waals surface area contributed by atoms with Crippen LogP contribution in [0, 0.1) is 0 Å². The summed E-state index contributed by atoms with van der Waals surface area (Å²) in [4.78, 5) is 3.79. The number of aliphatic imine (C=N–C) groups is 1. The van der Waals surface area contributed by atoms with Crippen LogP contribution in [0.3, 0.4) is 0 Å². The molecule has 0 rings (SSSR count). The lowest BCUT2D eigenvalue weighted by Gasteiger charge is -1.80. The van der Waals surface area contributed by atoms with Crippen LogP contribution in [0.1, 0.15) is 6.92 Å². The second-order valence-corrected chi connectivity index (χ2v) is 1.09. The maximum atomic E-state index is 3.79. The zero-order valence-corrected chi connectivity index (χ0v) is 4.96. The molecular weight excluding hydrogens is 100 g/mol. The Morgan fingerprint density at radius 2 is 2.38 bits per heavy atom. The minimum atomic E-state index is 1.58. The molecule has 0 aliphatic carbocycles. The zero-order valence-electron chi connectivity index (χ0n) is 4.96. The van der Waals surface area contributed by atoms with Crippen molar-refractivity contribution in [1.82, 2.24) is 5.32 Å². The van der Waals surface area contributed by atoms with Gasteiger partial charge in [0.25, 0.3) is 0 Å². The Labute approximate surface area is 49.6 Å². The van der Waals surface area contributed by atoms with E-state index in [1.165, 1.54) is 0 Å².